The maximum Gasteiger partial charge on any atom is 0.152 e. The van der Waals surface area contributed by atoms with Crippen LogP contribution in [0.25, 0.3) is 0 Å². The Kier molecular flexibility index (Phi) is 4.10. The number of hydrogen-bond acceptors (Lipinski definition) is 2. The molecule has 1 aliphatic rings. The summed E-state index contributed by atoms with van der Waals surface area (Å²) in [6, 6.07) is 6.36. The molecular weight excluding hydrogens is 290 g/mol. The summed E-state index contributed by atoms with van der Waals surface area (Å²) in [7, 11) is 0. The molecule has 18 heavy (non-hydrogen) atoms. The van der Waals surface area contributed by atoms with E-state index in [1.807, 2.05) is 12.1 Å². The second-order valence-electron chi connectivity index (χ2n) is 5.53. The number of halogens is 1. The molecule has 0 aliphatic carbocycles. The van der Waals surface area contributed by atoms with Crippen LogP contribution in [-0.2, 0) is 0 Å². The van der Waals surface area contributed by atoms with E-state index in [4.69, 9.17) is 0 Å². The Morgan fingerprint density at radius 3 is 2.72 bits per heavy atom. The molecule has 1 aromatic carbocycles. The molecule has 0 bridgehead atoms. The maximum absolute atomic E-state index is 11.2. The van der Waals surface area contributed by atoms with Crippen molar-refractivity contribution in [3.63, 3.8) is 0 Å². The third kappa shape index (κ3) is 2.61. The molecule has 3 atom stereocenters. The number of nitrogens with zero attached hydrogens (tertiary/aromatic N) is 1. The van der Waals surface area contributed by atoms with Crippen LogP contribution in [0.3, 0.4) is 0 Å². The van der Waals surface area contributed by atoms with E-state index in [2.05, 4.69) is 47.7 Å². The van der Waals surface area contributed by atoms with Gasteiger partial charge < -0.3 is 4.90 Å². The number of aldehydes is 1. The predicted molar refractivity (Wildman–Crippen MR) is 79.3 cm³/mol. The van der Waals surface area contributed by atoms with Gasteiger partial charge in [0.1, 0.15) is 0 Å². The van der Waals surface area contributed by atoms with Gasteiger partial charge in [-0.25, -0.2) is 0 Å². The van der Waals surface area contributed by atoms with Gasteiger partial charge in [-0.05, 0) is 43.4 Å². The van der Waals surface area contributed by atoms with Crippen molar-refractivity contribution in [1.82, 2.24) is 0 Å². The minimum Gasteiger partial charge on any atom is -0.368 e. The second-order valence-corrected chi connectivity index (χ2v) is 6.45. The predicted octanol–water partition coefficient (Wildman–Crippen LogP) is 4.13. The molecule has 0 amide bonds. The summed E-state index contributed by atoms with van der Waals surface area (Å²) in [5.74, 6) is 1.34. The van der Waals surface area contributed by atoms with Crippen LogP contribution in [0.1, 0.15) is 37.6 Å². The summed E-state index contributed by atoms with van der Waals surface area (Å²) in [5.41, 5.74) is 1.84. The van der Waals surface area contributed by atoms with Crippen LogP contribution in [0.5, 0.6) is 0 Å². The molecule has 0 radical (unpaired) electrons. The number of piperidine rings is 1. The molecule has 1 fully saturated rings. The zero-order chi connectivity index (χ0) is 13.3. The van der Waals surface area contributed by atoms with E-state index in [1.165, 1.54) is 6.42 Å². The van der Waals surface area contributed by atoms with E-state index in [0.29, 0.717) is 17.9 Å². The maximum atomic E-state index is 11.2. The monoisotopic (exact) mass is 309 g/mol. The Morgan fingerprint density at radius 1 is 1.33 bits per heavy atom. The topological polar surface area (TPSA) is 20.3 Å². The average molecular weight is 310 g/mol. The second kappa shape index (κ2) is 5.43. The smallest absolute Gasteiger partial charge is 0.152 e. The summed E-state index contributed by atoms with van der Waals surface area (Å²) in [6.45, 7) is 7.87. The van der Waals surface area contributed by atoms with Crippen molar-refractivity contribution in [3.8, 4) is 0 Å². The van der Waals surface area contributed by atoms with Gasteiger partial charge in [0.25, 0.3) is 0 Å². The highest BCUT2D eigenvalue weighted by atomic mass is 79.9. The molecule has 2 nitrogen and oxygen atoms in total. The third-order valence-electron chi connectivity index (χ3n) is 4.03. The molecule has 0 saturated carbocycles. The Bertz CT molecular complexity index is 446. The zero-order valence-electron chi connectivity index (χ0n) is 11.2. The van der Waals surface area contributed by atoms with Crippen molar-refractivity contribution in [1.29, 1.82) is 0 Å². The molecule has 98 valence electrons. The lowest BCUT2D eigenvalue weighted by molar-refractivity contribution is 0.112. The molecule has 1 heterocycles. The van der Waals surface area contributed by atoms with Crippen molar-refractivity contribution in [2.24, 2.45) is 11.8 Å². The molecule has 1 saturated heterocycles. The number of hydrogen-bond donors (Lipinski definition) is 0. The summed E-state index contributed by atoms with van der Waals surface area (Å²) in [5, 5.41) is 0. The van der Waals surface area contributed by atoms with Gasteiger partial charge >= 0.3 is 0 Å². The first kappa shape index (κ1) is 13.6. The fourth-order valence-corrected chi connectivity index (χ4v) is 3.25. The van der Waals surface area contributed by atoms with Crippen molar-refractivity contribution < 1.29 is 4.79 Å². The lowest BCUT2D eigenvalue weighted by Crippen LogP contribution is -2.46. The first-order chi connectivity index (χ1) is 8.52. The standard InChI is InChI=1S/C15H20BrNO/c1-10-6-11(2)12(3)17(8-10)15-7-14(16)5-4-13(15)9-18/h4-5,7,9-12H,6,8H2,1-3H3. The van der Waals surface area contributed by atoms with Gasteiger partial charge in [0.05, 0.1) is 0 Å². The lowest BCUT2D eigenvalue weighted by atomic mass is 9.85. The number of carbonyl (C=O) groups is 1. The summed E-state index contributed by atoms with van der Waals surface area (Å²) in [6.07, 6.45) is 2.22. The molecular formula is C15H20BrNO. The molecule has 0 spiro atoms. The quantitative estimate of drug-likeness (QED) is 0.766. The first-order valence-electron chi connectivity index (χ1n) is 6.54. The minimum absolute atomic E-state index is 0.481. The van der Waals surface area contributed by atoms with E-state index < -0.39 is 0 Å². The Balaban J connectivity index is 2.40. The molecule has 3 heteroatoms. The van der Waals surface area contributed by atoms with Gasteiger partial charge in [0.15, 0.2) is 6.29 Å². The highest BCUT2D eigenvalue weighted by Crippen LogP contribution is 2.34. The summed E-state index contributed by atoms with van der Waals surface area (Å²) in [4.78, 5) is 13.6. The molecule has 0 aromatic heterocycles. The van der Waals surface area contributed by atoms with Crippen molar-refractivity contribution in [2.75, 3.05) is 11.4 Å². The van der Waals surface area contributed by atoms with Crippen molar-refractivity contribution >= 4 is 27.9 Å². The highest BCUT2D eigenvalue weighted by molar-refractivity contribution is 9.10. The third-order valence-corrected chi connectivity index (χ3v) is 4.52. The van der Waals surface area contributed by atoms with Gasteiger partial charge in [-0.1, -0.05) is 29.8 Å². The number of anilines is 1. The van der Waals surface area contributed by atoms with Gasteiger partial charge in [-0.15, -0.1) is 0 Å². The Morgan fingerprint density at radius 2 is 2.06 bits per heavy atom. The fourth-order valence-electron chi connectivity index (χ4n) is 2.90. The van der Waals surface area contributed by atoms with E-state index >= 15 is 0 Å². The molecule has 1 aromatic rings. The first-order valence-corrected chi connectivity index (χ1v) is 7.33. The van der Waals surface area contributed by atoms with E-state index in [0.717, 1.165) is 28.6 Å². The zero-order valence-corrected chi connectivity index (χ0v) is 12.8. The number of carbonyl (C=O) groups excluding carboxylic acids is 1. The largest absolute Gasteiger partial charge is 0.368 e. The van der Waals surface area contributed by atoms with E-state index in [-0.39, 0.29) is 0 Å². The molecule has 0 N–H and O–H groups in total. The molecule has 3 unspecified atom stereocenters. The summed E-state index contributed by atoms with van der Waals surface area (Å²) >= 11 is 3.50. The van der Waals surface area contributed by atoms with Crippen LogP contribution < -0.4 is 4.90 Å². The van der Waals surface area contributed by atoms with Crippen LogP contribution in [0.15, 0.2) is 22.7 Å². The van der Waals surface area contributed by atoms with Gasteiger partial charge in [0, 0.05) is 28.3 Å². The SMILES string of the molecule is CC1CC(C)C(C)N(c2cc(Br)ccc2C=O)C1. The number of rotatable bonds is 2. The minimum atomic E-state index is 0.481. The Labute approximate surface area is 117 Å². The lowest BCUT2D eigenvalue weighted by Gasteiger charge is -2.43. The van der Waals surface area contributed by atoms with Gasteiger partial charge in [-0.2, -0.15) is 0 Å². The summed E-state index contributed by atoms with van der Waals surface area (Å²) < 4.78 is 1.03. The van der Waals surface area contributed by atoms with Gasteiger partial charge in [-0.3, -0.25) is 4.79 Å². The van der Waals surface area contributed by atoms with Crippen molar-refractivity contribution in [2.45, 2.75) is 33.2 Å². The van der Waals surface area contributed by atoms with Crippen LogP contribution in [-0.4, -0.2) is 18.9 Å². The molecule has 2 rings (SSSR count). The van der Waals surface area contributed by atoms with E-state index in [9.17, 15) is 4.79 Å². The van der Waals surface area contributed by atoms with Crippen LogP contribution in [0, 0.1) is 11.8 Å². The highest BCUT2D eigenvalue weighted by Gasteiger charge is 2.29. The molecule has 1 aliphatic heterocycles. The fraction of sp³-hybridized carbons (Fsp3) is 0.533. The van der Waals surface area contributed by atoms with Gasteiger partial charge in [0.2, 0.25) is 0 Å². The van der Waals surface area contributed by atoms with Crippen LogP contribution in [0.2, 0.25) is 0 Å². The van der Waals surface area contributed by atoms with E-state index in [1.54, 1.807) is 0 Å². The number of benzene rings is 1. The Hall–Kier alpha value is -0.830. The normalized spacial score (nSPS) is 28.2. The van der Waals surface area contributed by atoms with Crippen LogP contribution in [0.4, 0.5) is 5.69 Å². The van der Waals surface area contributed by atoms with Crippen LogP contribution >= 0.6 is 15.9 Å². The average Bonchev–Trinajstić information content (AvgIpc) is 2.33. The van der Waals surface area contributed by atoms with Crippen molar-refractivity contribution in [3.05, 3.63) is 28.2 Å².